The second kappa shape index (κ2) is 10.0. The predicted octanol–water partition coefficient (Wildman–Crippen LogP) is 6.32. The highest BCUT2D eigenvalue weighted by Crippen LogP contribution is 2.31. The van der Waals surface area contributed by atoms with Crippen molar-refractivity contribution in [3.05, 3.63) is 87.9 Å². The number of aryl methyl sites for hydroxylation is 1. The number of ether oxygens (including phenoxy) is 1. The van der Waals surface area contributed by atoms with Crippen LogP contribution in [0, 0.1) is 6.92 Å². The Balaban J connectivity index is 1.54. The molecule has 3 rings (SSSR count). The zero-order valence-electron chi connectivity index (χ0n) is 18.7. The van der Waals surface area contributed by atoms with Gasteiger partial charge in [-0.2, -0.15) is 0 Å². The quantitative estimate of drug-likeness (QED) is 0.420. The van der Waals surface area contributed by atoms with Crippen molar-refractivity contribution >= 4 is 39.1 Å². The predicted molar refractivity (Wildman–Crippen MR) is 133 cm³/mol. The summed E-state index contributed by atoms with van der Waals surface area (Å²) in [7, 11) is 0. The van der Waals surface area contributed by atoms with Crippen molar-refractivity contribution in [3.63, 3.8) is 0 Å². The molecule has 0 radical (unpaired) electrons. The Morgan fingerprint density at radius 1 is 0.906 bits per heavy atom. The normalized spacial score (nSPS) is 11.0. The lowest BCUT2D eigenvalue weighted by Crippen LogP contribution is -2.20. The smallest absolute Gasteiger partial charge is 0.262 e. The molecule has 32 heavy (non-hydrogen) atoms. The summed E-state index contributed by atoms with van der Waals surface area (Å²) in [6.07, 6.45) is 0. The maximum Gasteiger partial charge on any atom is 0.262 e. The summed E-state index contributed by atoms with van der Waals surface area (Å²) < 4.78 is 6.47. The summed E-state index contributed by atoms with van der Waals surface area (Å²) in [6, 6.07) is 20.2. The van der Waals surface area contributed by atoms with Gasteiger partial charge in [0, 0.05) is 16.9 Å². The van der Waals surface area contributed by atoms with Crippen molar-refractivity contribution in [2.45, 2.75) is 33.1 Å². The van der Waals surface area contributed by atoms with Gasteiger partial charge in [-0.3, -0.25) is 9.59 Å². The number of nitrogens with one attached hydrogen (secondary N) is 2. The van der Waals surface area contributed by atoms with Gasteiger partial charge in [0.2, 0.25) is 0 Å². The molecule has 2 amide bonds. The molecule has 0 aliphatic carbocycles. The summed E-state index contributed by atoms with van der Waals surface area (Å²) in [5.74, 6) is 0.173. The zero-order chi connectivity index (χ0) is 23.3. The van der Waals surface area contributed by atoms with Gasteiger partial charge in [0.1, 0.15) is 5.75 Å². The summed E-state index contributed by atoms with van der Waals surface area (Å²) in [5, 5.41) is 5.66. The van der Waals surface area contributed by atoms with E-state index in [9.17, 15) is 9.59 Å². The van der Waals surface area contributed by atoms with Crippen LogP contribution in [0.4, 0.5) is 11.4 Å². The lowest BCUT2D eigenvalue weighted by Gasteiger charge is -2.20. The second-order valence-electron chi connectivity index (χ2n) is 8.58. The molecular formula is C26H27BrN2O3. The molecule has 0 spiro atoms. The zero-order valence-corrected chi connectivity index (χ0v) is 20.2. The number of hydrogen-bond donors (Lipinski definition) is 2. The first-order valence-electron chi connectivity index (χ1n) is 10.3. The van der Waals surface area contributed by atoms with Gasteiger partial charge in [-0.1, -0.05) is 45.0 Å². The van der Waals surface area contributed by atoms with Gasteiger partial charge >= 0.3 is 0 Å². The van der Waals surface area contributed by atoms with E-state index >= 15 is 0 Å². The minimum absolute atomic E-state index is 0.0317. The van der Waals surface area contributed by atoms with Crippen molar-refractivity contribution in [2.24, 2.45) is 0 Å². The molecule has 0 aliphatic heterocycles. The monoisotopic (exact) mass is 494 g/mol. The highest BCUT2D eigenvalue weighted by molar-refractivity contribution is 9.10. The number of halogens is 1. The molecule has 0 aliphatic rings. The van der Waals surface area contributed by atoms with Gasteiger partial charge in [0.15, 0.2) is 6.61 Å². The van der Waals surface area contributed by atoms with Crippen LogP contribution in [0.15, 0.2) is 71.2 Å². The van der Waals surface area contributed by atoms with E-state index in [1.54, 1.807) is 30.3 Å². The van der Waals surface area contributed by atoms with Crippen molar-refractivity contribution in [3.8, 4) is 5.75 Å². The number of amides is 2. The molecule has 6 heteroatoms. The van der Waals surface area contributed by atoms with E-state index in [2.05, 4.69) is 47.3 Å². The van der Waals surface area contributed by atoms with Crippen molar-refractivity contribution in [1.82, 2.24) is 0 Å². The van der Waals surface area contributed by atoms with E-state index in [1.165, 1.54) is 5.56 Å². The number of hydrogen-bond acceptors (Lipinski definition) is 3. The number of carbonyl (C=O) groups excluding carboxylic acids is 2. The van der Waals surface area contributed by atoms with Crippen molar-refractivity contribution < 1.29 is 14.3 Å². The fourth-order valence-electron chi connectivity index (χ4n) is 3.09. The summed E-state index contributed by atoms with van der Waals surface area (Å²) in [5.41, 5.74) is 4.02. The Hall–Kier alpha value is -3.12. The second-order valence-corrected chi connectivity index (χ2v) is 9.43. The molecule has 0 saturated heterocycles. The van der Waals surface area contributed by atoms with Gasteiger partial charge < -0.3 is 15.4 Å². The van der Waals surface area contributed by atoms with E-state index in [1.807, 2.05) is 43.3 Å². The van der Waals surface area contributed by atoms with Crippen LogP contribution in [-0.2, 0) is 10.2 Å². The first-order chi connectivity index (χ1) is 15.1. The Bertz CT molecular complexity index is 1120. The number of rotatable bonds is 6. The number of benzene rings is 3. The lowest BCUT2D eigenvalue weighted by molar-refractivity contribution is -0.118. The molecular weight excluding hydrogens is 468 g/mol. The Labute approximate surface area is 197 Å². The molecule has 0 heterocycles. The number of anilines is 2. The highest BCUT2D eigenvalue weighted by Gasteiger charge is 2.16. The molecule has 0 bridgehead atoms. The summed E-state index contributed by atoms with van der Waals surface area (Å²) >= 11 is 3.51. The average molecular weight is 495 g/mol. The Morgan fingerprint density at radius 3 is 2.12 bits per heavy atom. The SMILES string of the molecule is Cc1ccccc1C(=O)Nc1ccc(NC(=O)COc2ccc(C(C)(C)C)cc2Br)cc1. The molecule has 0 unspecified atom stereocenters. The molecule has 0 atom stereocenters. The molecule has 0 aromatic heterocycles. The van der Waals surface area contributed by atoms with Crippen LogP contribution in [0.2, 0.25) is 0 Å². The minimum Gasteiger partial charge on any atom is -0.483 e. The third-order valence-corrected chi connectivity index (χ3v) is 5.59. The van der Waals surface area contributed by atoms with Crippen LogP contribution in [0.5, 0.6) is 5.75 Å². The van der Waals surface area contributed by atoms with E-state index in [4.69, 9.17) is 4.74 Å². The van der Waals surface area contributed by atoms with Gasteiger partial charge in [-0.15, -0.1) is 0 Å². The largest absolute Gasteiger partial charge is 0.483 e. The first-order valence-corrected chi connectivity index (χ1v) is 11.1. The minimum atomic E-state index is -0.270. The molecule has 0 fully saturated rings. The Kier molecular flexibility index (Phi) is 7.36. The van der Waals surface area contributed by atoms with Gasteiger partial charge in [-0.25, -0.2) is 0 Å². The van der Waals surface area contributed by atoms with E-state index in [0.29, 0.717) is 22.7 Å². The van der Waals surface area contributed by atoms with Gasteiger partial charge in [-0.05, 0) is 81.9 Å². The third kappa shape index (κ3) is 6.20. The molecule has 3 aromatic rings. The third-order valence-electron chi connectivity index (χ3n) is 4.97. The van der Waals surface area contributed by atoms with E-state index < -0.39 is 0 Å². The first kappa shape index (κ1) is 23.5. The highest BCUT2D eigenvalue weighted by atomic mass is 79.9. The summed E-state index contributed by atoms with van der Waals surface area (Å²) in [4.78, 5) is 24.7. The maximum atomic E-state index is 12.4. The molecule has 2 N–H and O–H groups in total. The lowest BCUT2D eigenvalue weighted by atomic mass is 9.87. The van der Waals surface area contributed by atoms with Gasteiger partial charge in [0.05, 0.1) is 4.47 Å². The van der Waals surface area contributed by atoms with E-state index in [-0.39, 0.29) is 23.8 Å². The fourth-order valence-corrected chi connectivity index (χ4v) is 3.58. The topological polar surface area (TPSA) is 67.4 Å². The van der Waals surface area contributed by atoms with Crippen LogP contribution in [0.1, 0.15) is 42.3 Å². The van der Waals surface area contributed by atoms with Crippen molar-refractivity contribution in [1.29, 1.82) is 0 Å². The van der Waals surface area contributed by atoms with Crippen LogP contribution >= 0.6 is 15.9 Å². The summed E-state index contributed by atoms with van der Waals surface area (Å²) in [6.45, 7) is 8.21. The fraction of sp³-hybridized carbons (Fsp3) is 0.231. The van der Waals surface area contributed by atoms with E-state index in [0.717, 1.165) is 10.0 Å². The van der Waals surface area contributed by atoms with Crippen LogP contribution in [0.25, 0.3) is 0 Å². The molecule has 166 valence electrons. The molecule has 3 aromatic carbocycles. The van der Waals surface area contributed by atoms with Crippen LogP contribution < -0.4 is 15.4 Å². The molecule has 0 saturated carbocycles. The van der Waals surface area contributed by atoms with Crippen LogP contribution in [0.3, 0.4) is 0 Å². The maximum absolute atomic E-state index is 12.4. The number of carbonyl (C=O) groups is 2. The molecule has 5 nitrogen and oxygen atoms in total. The Morgan fingerprint density at radius 2 is 1.53 bits per heavy atom. The average Bonchev–Trinajstić information content (AvgIpc) is 2.74. The van der Waals surface area contributed by atoms with Crippen LogP contribution in [-0.4, -0.2) is 18.4 Å². The standard InChI is InChI=1S/C26H27BrN2O3/c1-17-7-5-6-8-21(17)25(31)29-20-12-10-19(11-13-20)28-24(30)16-32-23-14-9-18(15-22(23)27)26(2,3)4/h5-15H,16H2,1-4H3,(H,28,30)(H,29,31). The van der Waals surface area contributed by atoms with Gasteiger partial charge in [0.25, 0.3) is 11.8 Å². The van der Waals surface area contributed by atoms with Crippen molar-refractivity contribution in [2.75, 3.05) is 17.2 Å².